The molecule has 3 aromatic rings. The van der Waals surface area contributed by atoms with Crippen molar-refractivity contribution in [2.75, 3.05) is 11.9 Å². The molecule has 0 radical (unpaired) electrons. The van der Waals surface area contributed by atoms with Crippen molar-refractivity contribution < 1.29 is 9.59 Å². The predicted molar refractivity (Wildman–Crippen MR) is 108 cm³/mol. The van der Waals surface area contributed by atoms with Gasteiger partial charge in [-0.2, -0.15) is 10.2 Å². The van der Waals surface area contributed by atoms with Crippen molar-refractivity contribution in [1.29, 1.82) is 0 Å². The second-order valence-electron chi connectivity index (χ2n) is 6.65. The van der Waals surface area contributed by atoms with E-state index >= 15 is 0 Å². The second-order valence-corrected chi connectivity index (χ2v) is 6.65. The van der Waals surface area contributed by atoms with Gasteiger partial charge in [-0.25, -0.2) is 4.68 Å². The number of aryl methyl sites for hydroxylation is 3. The number of carbonyl (C=O) groups is 2. The van der Waals surface area contributed by atoms with Gasteiger partial charge >= 0.3 is 0 Å². The van der Waals surface area contributed by atoms with E-state index < -0.39 is 17.2 Å². The number of hydrogen-bond acceptors (Lipinski definition) is 5. The molecule has 0 aliphatic heterocycles. The minimum atomic E-state index is -0.713. The van der Waals surface area contributed by atoms with Gasteiger partial charge in [0.15, 0.2) is 5.69 Å². The first-order valence-electron chi connectivity index (χ1n) is 9.02. The third-order valence-corrected chi connectivity index (χ3v) is 4.51. The summed E-state index contributed by atoms with van der Waals surface area (Å²) in [5.74, 6) is -1.14. The number of nitrogens with zero attached hydrogens (tertiary/aromatic N) is 4. The Hall–Kier alpha value is -3.75. The number of para-hydroxylation sites is 1. The molecule has 0 saturated heterocycles. The number of carbonyl (C=O) groups excluding carboxylic acids is 2. The highest BCUT2D eigenvalue weighted by Crippen LogP contribution is 2.17. The van der Waals surface area contributed by atoms with Gasteiger partial charge in [-0.05, 0) is 32.9 Å². The van der Waals surface area contributed by atoms with Crippen LogP contribution >= 0.6 is 0 Å². The average Bonchev–Trinajstić information content (AvgIpc) is 2.93. The summed E-state index contributed by atoms with van der Waals surface area (Å²) in [4.78, 5) is 36.9. The molecule has 2 heterocycles. The van der Waals surface area contributed by atoms with Crippen molar-refractivity contribution in [2.24, 2.45) is 7.05 Å². The lowest BCUT2D eigenvalue weighted by Gasteiger charge is -2.11. The lowest BCUT2D eigenvalue weighted by molar-refractivity contribution is -0.115. The standard InChI is InChI=1S/C20H22N6O3/c1-12-10-16(27)19(24-26(12)15-8-6-5-7-9-15)20(29)21-11-17(28)22-18-13(2)23-25(4)14(18)3/h5-10H,11H2,1-4H3,(H,21,29)(H,22,28). The number of hydrogen-bond donors (Lipinski definition) is 2. The fraction of sp³-hybridized carbons (Fsp3) is 0.250. The third kappa shape index (κ3) is 4.23. The fourth-order valence-corrected chi connectivity index (χ4v) is 2.92. The highest BCUT2D eigenvalue weighted by Gasteiger charge is 2.17. The smallest absolute Gasteiger partial charge is 0.276 e. The zero-order valence-electron chi connectivity index (χ0n) is 16.7. The van der Waals surface area contributed by atoms with Crippen molar-refractivity contribution in [2.45, 2.75) is 20.8 Å². The van der Waals surface area contributed by atoms with Crippen LogP contribution in [0.1, 0.15) is 27.6 Å². The Morgan fingerprint density at radius 3 is 2.38 bits per heavy atom. The van der Waals surface area contributed by atoms with E-state index in [9.17, 15) is 14.4 Å². The molecule has 29 heavy (non-hydrogen) atoms. The van der Waals surface area contributed by atoms with Gasteiger partial charge in [0.25, 0.3) is 5.91 Å². The van der Waals surface area contributed by atoms with Gasteiger partial charge in [0.05, 0.1) is 29.3 Å². The van der Waals surface area contributed by atoms with Crippen LogP contribution in [0, 0.1) is 20.8 Å². The van der Waals surface area contributed by atoms with Gasteiger partial charge < -0.3 is 10.6 Å². The Balaban J connectivity index is 1.74. The molecule has 2 aromatic heterocycles. The number of nitrogens with one attached hydrogen (secondary N) is 2. The maximum absolute atomic E-state index is 12.5. The lowest BCUT2D eigenvalue weighted by atomic mass is 10.2. The Labute approximate surface area is 167 Å². The van der Waals surface area contributed by atoms with Crippen molar-refractivity contribution in [3.8, 4) is 5.69 Å². The van der Waals surface area contributed by atoms with Gasteiger partial charge in [0.2, 0.25) is 11.3 Å². The summed E-state index contributed by atoms with van der Waals surface area (Å²) in [6, 6.07) is 10.5. The molecule has 0 spiro atoms. The summed E-state index contributed by atoms with van der Waals surface area (Å²) in [5.41, 5.74) is 2.61. The average molecular weight is 394 g/mol. The molecule has 0 bridgehead atoms. The molecule has 1 aromatic carbocycles. The fourth-order valence-electron chi connectivity index (χ4n) is 2.92. The predicted octanol–water partition coefficient (Wildman–Crippen LogP) is 1.26. The highest BCUT2D eigenvalue weighted by molar-refractivity contribution is 5.98. The van der Waals surface area contributed by atoms with E-state index in [-0.39, 0.29) is 12.2 Å². The summed E-state index contributed by atoms with van der Waals surface area (Å²) in [6.45, 7) is 5.04. The molecule has 0 unspecified atom stereocenters. The molecule has 150 valence electrons. The summed E-state index contributed by atoms with van der Waals surface area (Å²) in [6.07, 6.45) is 0. The van der Waals surface area contributed by atoms with E-state index in [0.717, 1.165) is 11.4 Å². The lowest BCUT2D eigenvalue weighted by Crippen LogP contribution is -2.37. The van der Waals surface area contributed by atoms with Gasteiger partial charge in [0.1, 0.15) is 0 Å². The number of anilines is 1. The maximum Gasteiger partial charge on any atom is 0.276 e. The number of benzene rings is 1. The third-order valence-electron chi connectivity index (χ3n) is 4.51. The first kappa shape index (κ1) is 20.0. The Kier molecular flexibility index (Phi) is 5.58. The van der Waals surface area contributed by atoms with Crippen molar-refractivity contribution in [3.05, 3.63) is 69.4 Å². The summed E-state index contributed by atoms with van der Waals surface area (Å²) < 4.78 is 3.17. The second kappa shape index (κ2) is 8.09. The molecule has 0 fully saturated rings. The van der Waals surface area contributed by atoms with E-state index in [2.05, 4.69) is 20.8 Å². The van der Waals surface area contributed by atoms with Crippen LogP contribution in [0.15, 0.2) is 41.2 Å². The molecule has 9 nitrogen and oxygen atoms in total. The summed E-state index contributed by atoms with van der Waals surface area (Å²) in [5, 5.41) is 13.6. The zero-order valence-corrected chi connectivity index (χ0v) is 16.7. The Morgan fingerprint density at radius 2 is 1.76 bits per heavy atom. The maximum atomic E-state index is 12.5. The molecule has 9 heteroatoms. The van der Waals surface area contributed by atoms with Crippen molar-refractivity contribution >= 4 is 17.5 Å². The molecule has 0 aliphatic rings. The van der Waals surface area contributed by atoms with Crippen LogP contribution in [0.25, 0.3) is 5.69 Å². The molecule has 2 amide bonds. The van der Waals surface area contributed by atoms with Crippen LogP contribution in [0.2, 0.25) is 0 Å². The number of amides is 2. The quantitative estimate of drug-likeness (QED) is 0.677. The Bertz CT molecular complexity index is 1130. The van der Waals surface area contributed by atoms with E-state index in [1.807, 2.05) is 37.3 Å². The molecular weight excluding hydrogens is 372 g/mol. The van der Waals surface area contributed by atoms with Crippen molar-refractivity contribution in [3.63, 3.8) is 0 Å². The minimum Gasteiger partial charge on any atom is -0.341 e. The van der Waals surface area contributed by atoms with Crippen LogP contribution < -0.4 is 16.1 Å². The van der Waals surface area contributed by atoms with Gasteiger partial charge in [-0.1, -0.05) is 18.2 Å². The van der Waals surface area contributed by atoms with E-state index in [4.69, 9.17) is 0 Å². The zero-order chi connectivity index (χ0) is 21.1. The topological polar surface area (TPSA) is 111 Å². The largest absolute Gasteiger partial charge is 0.341 e. The van der Waals surface area contributed by atoms with Gasteiger partial charge in [-0.15, -0.1) is 0 Å². The summed E-state index contributed by atoms with van der Waals surface area (Å²) in [7, 11) is 1.78. The highest BCUT2D eigenvalue weighted by atomic mass is 16.2. The van der Waals surface area contributed by atoms with Crippen LogP contribution in [0.3, 0.4) is 0 Å². The van der Waals surface area contributed by atoms with Crippen LogP contribution in [-0.4, -0.2) is 37.9 Å². The minimum absolute atomic E-state index is 0.277. The van der Waals surface area contributed by atoms with Crippen LogP contribution in [0.5, 0.6) is 0 Å². The first-order valence-corrected chi connectivity index (χ1v) is 9.02. The first-order chi connectivity index (χ1) is 13.8. The Morgan fingerprint density at radius 1 is 1.07 bits per heavy atom. The SMILES string of the molecule is Cc1nn(C)c(C)c1NC(=O)CNC(=O)c1nn(-c2ccccc2)c(C)cc1=O. The monoisotopic (exact) mass is 394 g/mol. The molecule has 3 rings (SSSR count). The molecular formula is C20H22N6O3. The summed E-state index contributed by atoms with van der Waals surface area (Å²) >= 11 is 0. The molecule has 2 N–H and O–H groups in total. The van der Waals surface area contributed by atoms with E-state index in [1.165, 1.54) is 10.7 Å². The van der Waals surface area contributed by atoms with E-state index in [0.29, 0.717) is 17.1 Å². The van der Waals surface area contributed by atoms with E-state index in [1.54, 1.807) is 25.6 Å². The number of rotatable bonds is 5. The van der Waals surface area contributed by atoms with Gasteiger partial charge in [-0.3, -0.25) is 19.1 Å². The number of aromatic nitrogens is 4. The normalized spacial score (nSPS) is 10.6. The van der Waals surface area contributed by atoms with Crippen LogP contribution in [-0.2, 0) is 11.8 Å². The molecule has 0 aliphatic carbocycles. The van der Waals surface area contributed by atoms with Gasteiger partial charge in [0, 0.05) is 18.8 Å². The van der Waals surface area contributed by atoms with Crippen molar-refractivity contribution in [1.82, 2.24) is 24.9 Å². The van der Waals surface area contributed by atoms with Crippen LogP contribution in [0.4, 0.5) is 5.69 Å². The molecule has 0 atom stereocenters. The molecule has 0 saturated carbocycles.